The zero-order chi connectivity index (χ0) is 19.8. The maximum absolute atomic E-state index is 13.1. The molecule has 2 heterocycles. The smallest absolute Gasteiger partial charge is 0.416 e. The number of carbonyl (C=O) groups is 1. The van der Waals surface area contributed by atoms with Gasteiger partial charge in [-0.05, 0) is 36.8 Å². The van der Waals surface area contributed by atoms with Crippen LogP contribution >= 0.6 is 0 Å². The molecule has 2 aromatic heterocycles. The average molecular weight is 374 g/mol. The Morgan fingerprint density at radius 1 is 1.15 bits per heavy atom. The van der Waals surface area contributed by atoms with Gasteiger partial charge in [0.1, 0.15) is 5.56 Å². The molecule has 0 unspecified atom stereocenters. The molecule has 0 atom stereocenters. The number of aromatic nitrogens is 2. The predicted molar refractivity (Wildman–Crippen MR) is 92.0 cm³/mol. The number of nitrogens with zero attached hydrogens (tertiary/aromatic N) is 2. The van der Waals surface area contributed by atoms with Gasteiger partial charge in [0, 0.05) is 35.5 Å². The Morgan fingerprint density at radius 2 is 1.81 bits per heavy atom. The van der Waals surface area contributed by atoms with E-state index in [9.17, 15) is 27.9 Å². The van der Waals surface area contributed by atoms with E-state index in [0.717, 1.165) is 18.3 Å². The molecule has 0 spiro atoms. The molecular weight excluding hydrogens is 361 g/mol. The zero-order valence-corrected chi connectivity index (χ0v) is 14.0. The fraction of sp³-hybridized carbons (Fsp3) is 0.105. The van der Waals surface area contributed by atoms with E-state index in [1.54, 1.807) is 19.1 Å². The van der Waals surface area contributed by atoms with Crippen molar-refractivity contribution >= 4 is 5.97 Å². The van der Waals surface area contributed by atoms with Crippen LogP contribution in [0.15, 0.2) is 59.8 Å². The lowest BCUT2D eigenvalue weighted by atomic mass is 9.99. The molecule has 3 aromatic rings. The van der Waals surface area contributed by atoms with Gasteiger partial charge in [0.2, 0.25) is 5.43 Å². The fourth-order valence-corrected chi connectivity index (χ4v) is 2.82. The second-order valence-electron chi connectivity index (χ2n) is 5.79. The van der Waals surface area contributed by atoms with Crippen LogP contribution in [0.1, 0.15) is 21.6 Å². The van der Waals surface area contributed by atoms with Gasteiger partial charge in [-0.15, -0.1) is 0 Å². The van der Waals surface area contributed by atoms with Crippen LogP contribution in [0, 0.1) is 6.92 Å². The third-order valence-corrected chi connectivity index (χ3v) is 4.10. The molecule has 0 aliphatic rings. The van der Waals surface area contributed by atoms with E-state index in [0.29, 0.717) is 11.4 Å². The number of aromatic carboxylic acids is 1. The minimum absolute atomic E-state index is 0.00164. The Hall–Kier alpha value is -3.42. The minimum atomic E-state index is -4.58. The summed E-state index contributed by atoms with van der Waals surface area (Å²) in [4.78, 5) is 28.1. The number of alkyl halides is 3. The maximum Gasteiger partial charge on any atom is 0.416 e. The van der Waals surface area contributed by atoms with E-state index in [-0.39, 0.29) is 11.1 Å². The largest absolute Gasteiger partial charge is 0.477 e. The van der Waals surface area contributed by atoms with Gasteiger partial charge in [-0.1, -0.05) is 12.1 Å². The second-order valence-corrected chi connectivity index (χ2v) is 5.79. The van der Waals surface area contributed by atoms with Crippen LogP contribution in [-0.2, 0) is 6.18 Å². The first-order valence-electron chi connectivity index (χ1n) is 7.77. The second kappa shape index (κ2) is 6.71. The van der Waals surface area contributed by atoms with Crippen molar-refractivity contribution in [3.63, 3.8) is 0 Å². The lowest BCUT2D eigenvalue weighted by Crippen LogP contribution is -2.22. The molecule has 0 amide bonds. The van der Waals surface area contributed by atoms with Crippen LogP contribution in [0.5, 0.6) is 0 Å². The number of benzene rings is 1. The maximum atomic E-state index is 13.1. The first kappa shape index (κ1) is 18.4. The van der Waals surface area contributed by atoms with Crippen molar-refractivity contribution in [1.29, 1.82) is 0 Å². The van der Waals surface area contributed by atoms with E-state index in [1.165, 1.54) is 29.1 Å². The lowest BCUT2D eigenvalue weighted by molar-refractivity contribution is -0.137. The van der Waals surface area contributed by atoms with Gasteiger partial charge in [-0.2, -0.15) is 13.2 Å². The molecular formula is C19H13F3N2O3. The number of rotatable bonds is 3. The number of halogens is 3. The molecule has 0 saturated heterocycles. The van der Waals surface area contributed by atoms with E-state index < -0.39 is 28.7 Å². The van der Waals surface area contributed by atoms with Crippen molar-refractivity contribution < 1.29 is 23.1 Å². The third kappa shape index (κ3) is 3.46. The van der Waals surface area contributed by atoms with E-state index in [1.807, 2.05) is 0 Å². The van der Waals surface area contributed by atoms with Crippen LogP contribution < -0.4 is 5.43 Å². The zero-order valence-electron chi connectivity index (χ0n) is 14.0. The Bertz CT molecular complexity index is 1070. The van der Waals surface area contributed by atoms with Crippen molar-refractivity contribution in [1.82, 2.24) is 9.55 Å². The summed E-state index contributed by atoms with van der Waals surface area (Å²) in [5, 5.41) is 9.38. The number of hydrogen-bond acceptors (Lipinski definition) is 3. The number of pyridine rings is 2. The molecule has 1 N–H and O–H groups in total. The Balaban J connectivity index is 2.35. The minimum Gasteiger partial charge on any atom is -0.477 e. The van der Waals surface area contributed by atoms with Crippen molar-refractivity contribution in [2.24, 2.45) is 0 Å². The molecule has 5 nitrogen and oxygen atoms in total. The van der Waals surface area contributed by atoms with Gasteiger partial charge in [0.25, 0.3) is 0 Å². The Labute approximate surface area is 151 Å². The first-order valence-corrected chi connectivity index (χ1v) is 7.77. The van der Waals surface area contributed by atoms with Gasteiger partial charge < -0.3 is 9.67 Å². The molecule has 27 heavy (non-hydrogen) atoms. The monoisotopic (exact) mass is 374 g/mol. The van der Waals surface area contributed by atoms with Crippen molar-refractivity contribution in [3.05, 3.63) is 82.0 Å². The van der Waals surface area contributed by atoms with Crippen LogP contribution in [-0.4, -0.2) is 20.6 Å². The summed E-state index contributed by atoms with van der Waals surface area (Å²) >= 11 is 0. The number of carboxylic acids is 1. The van der Waals surface area contributed by atoms with E-state index in [2.05, 4.69) is 4.98 Å². The molecule has 138 valence electrons. The van der Waals surface area contributed by atoms with E-state index >= 15 is 0 Å². The quantitative estimate of drug-likeness (QED) is 0.754. The Morgan fingerprint density at radius 3 is 2.41 bits per heavy atom. The summed E-state index contributed by atoms with van der Waals surface area (Å²) < 4.78 is 40.6. The molecule has 1 aromatic carbocycles. The van der Waals surface area contributed by atoms with Gasteiger partial charge in [-0.25, -0.2) is 4.79 Å². The summed E-state index contributed by atoms with van der Waals surface area (Å²) in [6.45, 7) is 1.54. The van der Waals surface area contributed by atoms with Crippen LogP contribution in [0.4, 0.5) is 13.2 Å². The summed E-state index contributed by atoms with van der Waals surface area (Å²) in [5.41, 5.74) is -1.56. The standard InChI is InChI=1S/C19H13F3N2O3/c1-11-16(12-3-2-4-13(9-12)19(20,21)22)17(25)15(18(26)27)10-24(11)14-5-7-23-8-6-14/h2-10H,1H3,(H,26,27). The van der Waals surface area contributed by atoms with Gasteiger partial charge in [0.05, 0.1) is 5.56 Å². The molecule has 8 heteroatoms. The highest BCUT2D eigenvalue weighted by Crippen LogP contribution is 2.32. The third-order valence-electron chi connectivity index (χ3n) is 4.10. The van der Waals surface area contributed by atoms with Crippen LogP contribution in [0.3, 0.4) is 0 Å². The SMILES string of the molecule is Cc1c(-c2cccc(C(F)(F)F)c2)c(=O)c(C(=O)O)cn1-c1ccncc1. The van der Waals surface area contributed by atoms with Gasteiger partial charge in [0.15, 0.2) is 0 Å². The topological polar surface area (TPSA) is 72.2 Å². The molecule has 0 fully saturated rings. The number of carboxylic acid groups (broad SMARTS) is 1. The molecule has 3 rings (SSSR count). The van der Waals surface area contributed by atoms with Crippen molar-refractivity contribution in [2.75, 3.05) is 0 Å². The molecule has 0 radical (unpaired) electrons. The summed E-state index contributed by atoms with van der Waals surface area (Å²) in [5.74, 6) is -1.46. The van der Waals surface area contributed by atoms with Crippen LogP contribution in [0.25, 0.3) is 16.8 Å². The molecule has 0 aliphatic carbocycles. The highest BCUT2D eigenvalue weighted by Gasteiger charge is 2.31. The first-order chi connectivity index (χ1) is 12.7. The van der Waals surface area contributed by atoms with Gasteiger partial charge in [-0.3, -0.25) is 9.78 Å². The van der Waals surface area contributed by atoms with Crippen LogP contribution in [0.2, 0.25) is 0 Å². The summed E-state index contributed by atoms with van der Waals surface area (Å²) in [7, 11) is 0. The van der Waals surface area contributed by atoms with E-state index in [4.69, 9.17) is 0 Å². The predicted octanol–water partition coefficient (Wildman–Crippen LogP) is 3.92. The summed E-state index contributed by atoms with van der Waals surface area (Å²) in [6.07, 6.45) is -0.459. The van der Waals surface area contributed by atoms with Crippen molar-refractivity contribution in [2.45, 2.75) is 13.1 Å². The van der Waals surface area contributed by atoms with Crippen molar-refractivity contribution in [3.8, 4) is 16.8 Å². The van der Waals surface area contributed by atoms with Gasteiger partial charge >= 0.3 is 12.1 Å². The fourth-order valence-electron chi connectivity index (χ4n) is 2.82. The highest BCUT2D eigenvalue weighted by molar-refractivity contribution is 5.89. The normalized spacial score (nSPS) is 11.4. The highest BCUT2D eigenvalue weighted by atomic mass is 19.4. The lowest BCUT2D eigenvalue weighted by Gasteiger charge is -2.17. The average Bonchev–Trinajstić information content (AvgIpc) is 2.62. The molecule has 0 aliphatic heterocycles. The number of hydrogen-bond donors (Lipinski definition) is 1. The Kier molecular flexibility index (Phi) is 4.57. The molecule has 0 bridgehead atoms. The molecule has 0 saturated carbocycles. The summed E-state index contributed by atoms with van der Waals surface area (Å²) in [6, 6.07) is 7.45.